The minimum absolute atomic E-state index is 0.245. The van der Waals surface area contributed by atoms with Crippen molar-refractivity contribution in [1.82, 2.24) is 0 Å². The molecule has 0 nitrogen and oxygen atoms in total. The Bertz CT molecular complexity index is 329. The van der Waals surface area contributed by atoms with E-state index in [1.165, 1.54) is 24.8 Å². The van der Waals surface area contributed by atoms with Crippen molar-refractivity contribution in [3.63, 3.8) is 0 Å². The van der Waals surface area contributed by atoms with Crippen LogP contribution in [0, 0.1) is 0 Å². The fourth-order valence-corrected chi connectivity index (χ4v) is 2.06. The van der Waals surface area contributed by atoms with Crippen LogP contribution in [0.25, 0.3) is 0 Å². The maximum absolute atomic E-state index is 4.41. The van der Waals surface area contributed by atoms with E-state index in [-0.39, 0.29) is 5.41 Å². The molecule has 0 saturated carbocycles. The van der Waals surface area contributed by atoms with Crippen molar-refractivity contribution >= 4 is 25.3 Å². The van der Waals surface area contributed by atoms with Gasteiger partial charge in [0.1, 0.15) is 0 Å². The first kappa shape index (κ1) is 13.0. The Morgan fingerprint density at radius 3 is 2.33 bits per heavy atom. The quantitative estimate of drug-likeness (QED) is 0.698. The van der Waals surface area contributed by atoms with Gasteiger partial charge in [-0.25, -0.2) is 0 Å². The van der Waals surface area contributed by atoms with Crippen LogP contribution >= 0.6 is 25.3 Å². The maximum atomic E-state index is 4.41. The van der Waals surface area contributed by atoms with Crippen LogP contribution in [0.4, 0.5) is 0 Å². The Labute approximate surface area is 104 Å². The molecule has 0 aromatic heterocycles. The van der Waals surface area contributed by atoms with Gasteiger partial charge < -0.3 is 0 Å². The average molecular weight is 240 g/mol. The van der Waals surface area contributed by atoms with Crippen molar-refractivity contribution in [2.75, 3.05) is 0 Å². The van der Waals surface area contributed by atoms with Gasteiger partial charge in [-0.2, -0.15) is 0 Å². The summed E-state index contributed by atoms with van der Waals surface area (Å²) < 4.78 is 0. The third-order valence-electron chi connectivity index (χ3n) is 2.91. The van der Waals surface area contributed by atoms with E-state index < -0.39 is 0 Å². The average Bonchev–Trinajstić information content (AvgIpc) is 2.19. The van der Waals surface area contributed by atoms with E-state index in [0.717, 1.165) is 9.79 Å². The van der Waals surface area contributed by atoms with Crippen molar-refractivity contribution in [3.8, 4) is 0 Å². The Hall–Kier alpha value is -0.0800. The van der Waals surface area contributed by atoms with Gasteiger partial charge in [-0.05, 0) is 29.5 Å². The van der Waals surface area contributed by atoms with E-state index in [1.807, 2.05) is 6.07 Å². The molecule has 0 N–H and O–H groups in total. The molecule has 0 spiro atoms. The largest absolute Gasteiger partial charge is 0.142 e. The SMILES string of the molecule is CCCCC(C)(C)c1ccc(S)c(S)c1. The Morgan fingerprint density at radius 1 is 1.13 bits per heavy atom. The molecule has 84 valence electrons. The van der Waals surface area contributed by atoms with Gasteiger partial charge >= 0.3 is 0 Å². The van der Waals surface area contributed by atoms with Crippen LogP contribution in [0.3, 0.4) is 0 Å². The normalized spacial score (nSPS) is 11.8. The molecule has 0 amide bonds. The minimum Gasteiger partial charge on any atom is -0.142 e. The number of hydrogen-bond donors (Lipinski definition) is 2. The summed E-state index contributed by atoms with van der Waals surface area (Å²) in [4.78, 5) is 1.92. The van der Waals surface area contributed by atoms with Gasteiger partial charge in [0.05, 0.1) is 0 Å². The lowest BCUT2D eigenvalue weighted by molar-refractivity contribution is 0.456. The predicted molar refractivity (Wildman–Crippen MR) is 73.5 cm³/mol. The highest BCUT2D eigenvalue weighted by Crippen LogP contribution is 2.32. The van der Waals surface area contributed by atoms with Crippen molar-refractivity contribution < 1.29 is 0 Å². The molecule has 0 unspecified atom stereocenters. The lowest BCUT2D eigenvalue weighted by Gasteiger charge is -2.25. The number of thiol groups is 2. The van der Waals surface area contributed by atoms with E-state index in [1.54, 1.807) is 0 Å². The third kappa shape index (κ3) is 3.46. The number of unbranched alkanes of at least 4 members (excludes halogenated alkanes) is 1. The monoisotopic (exact) mass is 240 g/mol. The molecular weight excluding hydrogens is 220 g/mol. The minimum atomic E-state index is 0.245. The van der Waals surface area contributed by atoms with Gasteiger partial charge in [-0.1, -0.05) is 39.7 Å². The van der Waals surface area contributed by atoms with Gasteiger partial charge in [0.15, 0.2) is 0 Å². The van der Waals surface area contributed by atoms with Gasteiger partial charge in [0.25, 0.3) is 0 Å². The highest BCUT2D eigenvalue weighted by atomic mass is 32.1. The summed E-state index contributed by atoms with van der Waals surface area (Å²) in [6, 6.07) is 6.34. The molecule has 0 radical (unpaired) electrons. The molecule has 0 saturated heterocycles. The molecule has 0 bridgehead atoms. The summed E-state index contributed by atoms with van der Waals surface area (Å²) in [5.74, 6) is 0. The van der Waals surface area contributed by atoms with Crippen LogP contribution in [0.5, 0.6) is 0 Å². The summed E-state index contributed by atoms with van der Waals surface area (Å²) in [6.07, 6.45) is 3.75. The van der Waals surface area contributed by atoms with E-state index in [9.17, 15) is 0 Å². The van der Waals surface area contributed by atoms with Crippen LogP contribution in [-0.4, -0.2) is 0 Å². The standard InChI is InChI=1S/C13H20S2/c1-4-5-8-13(2,3)10-6-7-11(14)12(15)9-10/h6-7,9,14-15H,4-5,8H2,1-3H3. The Balaban J connectivity index is 2.89. The second kappa shape index (κ2) is 5.31. The van der Waals surface area contributed by atoms with Crippen molar-refractivity contribution in [3.05, 3.63) is 23.8 Å². The van der Waals surface area contributed by atoms with Crippen LogP contribution in [0.1, 0.15) is 45.6 Å². The molecule has 0 aliphatic carbocycles. The molecular formula is C13H20S2. The van der Waals surface area contributed by atoms with Crippen molar-refractivity contribution in [2.24, 2.45) is 0 Å². The van der Waals surface area contributed by atoms with Gasteiger partial charge in [0.2, 0.25) is 0 Å². The molecule has 0 aliphatic rings. The van der Waals surface area contributed by atoms with E-state index in [0.29, 0.717) is 0 Å². The Morgan fingerprint density at radius 2 is 1.80 bits per heavy atom. The van der Waals surface area contributed by atoms with Crippen LogP contribution in [0.2, 0.25) is 0 Å². The summed E-state index contributed by atoms with van der Waals surface area (Å²) in [5.41, 5.74) is 1.60. The first-order chi connectivity index (χ1) is 6.97. The van der Waals surface area contributed by atoms with E-state index in [2.05, 4.69) is 58.2 Å². The lowest BCUT2D eigenvalue weighted by Crippen LogP contribution is -2.16. The second-order valence-electron chi connectivity index (χ2n) is 4.69. The Kier molecular flexibility index (Phi) is 4.60. The van der Waals surface area contributed by atoms with Crippen LogP contribution < -0.4 is 0 Å². The fourth-order valence-electron chi connectivity index (χ4n) is 1.71. The molecule has 15 heavy (non-hydrogen) atoms. The van der Waals surface area contributed by atoms with Crippen LogP contribution in [-0.2, 0) is 5.41 Å². The zero-order valence-corrected chi connectivity index (χ0v) is 11.5. The summed E-state index contributed by atoms with van der Waals surface area (Å²) in [5, 5.41) is 0. The summed E-state index contributed by atoms with van der Waals surface area (Å²) in [7, 11) is 0. The molecule has 0 fully saturated rings. The topological polar surface area (TPSA) is 0 Å². The zero-order chi connectivity index (χ0) is 11.5. The maximum Gasteiger partial charge on any atom is 0.0177 e. The van der Waals surface area contributed by atoms with Crippen LogP contribution in [0.15, 0.2) is 28.0 Å². The highest BCUT2D eigenvalue weighted by molar-refractivity contribution is 7.83. The van der Waals surface area contributed by atoms with Gasteiger partial charge in [-0.3, -0.25) is 0 Å². The van der Waals surface area contributed by atoms with Crippen molar-refractivity contribution in [2.45, 2.75) is 55.2 Å². The van der Waals surface area contributed by atoms with Crippen molar-refractivity contribution in [1.29, 1.82) is 0 Å². The summed E-state index contributed by atoms with van der Waals surface area (Å²) in [6.45, 7) is 6.82. The number of hydrogen-bond acceptors (Lipinski definition) is 2. The number of benzene rings is 1. The summed E-state index contributed by atoms with van der Waals surface area (Å²) >= 11 is 8.75. The first-order valence-electron chi connectivity index (χ1n) is 5.50. The fraction of sp³-hybridized carbons (Fsp3) is 0.538. The zero-order valence-electron chi connectivity index (χ0n) is 9.75. The molecule has 0 heterocycles. The molecule has 0 aliphatic heterocycles. The first-order valence-corrected chi connectivity index (χ1v) is 6.39. The highest BCUT2D eigenvalue weighted by Gasteiger charge is 2.20. The molecule has 0 atom stereocenters. The van der Waals surface area contributed by atoms with E-state index >= 15 is 0 Å². The van der Waals surface area contributed by atoms with E-state index in [4.69, 9.17) is 0 Å². The second-order valence-corrected chi connectivity index (χ2v) is 5.65. The third-order valence-corrected chi connectivity index (χ3v) is 3.85. The molecule has 1 rings (SSSR count). The molecule has 2 heteroatoms. The van der Waals surface area contributed by atoms with Gasteiger partial charge in [0, 0.05) is 9.79 Å². The van der Waals surface area contributed by atoms with Gasteiger partial charge in [-0.15, -0.1) is 25.3 Å². The lowest BCUT2D eigenvalue weighted by atomic mass is 9.80. The molecule has 1 aromatic carbocycles. The number of rotatable bonds is 4. The molecule has 1 aromatic rings. The predicted octanol–water partition coefficient (Wildman–Crippen LogP) is 4.73. The smallest absolute Gasteiger partial charge is 0.0177 e.